The van der Waals surface area contributed by atoms with Crippen molar-refractivity contribution in [1.29, 1.82) is 0 Å². The minimum absolute atomic E-state index is 0.0490. The predicted octanol–water partition coefficient (Wildman–Crippen LogP) is 2.18. The number of hydrogen-bond donors (Lipinski definition) is 0. The van der Waals surface area contributed by atoms with Crippen LogP contribution < -0.4 is 9.80 Å². The summed E-state index contributed by atoms with van der Waals surface area (Å²) in [7, 11) is 5.94. The van der Waals surface area contributed by atoms with Crippen LogP contribution in [0.5, 0.6) is 0 Å². The van der Waals surface area contributed by atoms with Gasteiger partial charge in [0.15, 0.2) is 0 Å². The summed E-state index contributed by atoms with van der Waals surface area (Å²) in [6, 6.07) is 5.38. The summed E-state index contributed by atoms with van der Waals surface area (Å²) >= 11 is 0. The van der Waals surface area contributed by atoms with Crippen molar-refractivity contribution in [3.63, 3.8) is 0 Å². The van der Waals surface area contributed by atoms with Crippen molar-refractivity contribution in [2.45, 2.75) is 6.54 Å². The third-order valence-electron chi connectivity index (χ3n) is 4.61. The third-order valence-corrected chi connectivity index (χ3v) is 4.61. The molecule has 0 saturated carbocycles. The molecule has 146 valence electrons. The van der Waals surface area contributed by atoms with Crippen molar-refractivity contribution >= 4 is 29.3 Å². The first-order valence-corrected chi connectivity index (χ1v) is 8.55. The van der Waals surface area contributed by atoms with Crippen LogP contribution in [0.3, 0.4) is 0 Å². The maximum Gasteiger partial charge on any atom is 0.355 e. The van der Waals surface area contributed by atoms with E-state index in [2.05, 4.69) is 0 Å². The van der Waals surface area contributed by atoms with Gasteiger partial charge in [-0.25, -0.2) is 14.4 Å². The number of amides is 2. The number of methoxy groups -OCH3 is 2. The lowest BCUT2D eigenvalue weighted by molar-refractivity contribution is -0.139. The number of anilines is 2. The van der Waals surface area contributed by atoms with Crippen molar-refractivity contribution < 1.29 is 23.9 Å². The fourth-order valence-corrected chi connectivity index (χ4v) is 3.22. The van der Waals surface area contributed by atoms with Crippen LogP contribution >= 0.6 is 0 Å². The number of fused-ring (bicyclic) bond motifs is 1. The molecule has 2 heterocycles. The van der Waals surface area contributed by atoms with Crippen LogP contribution in [0.15, 0.2) is 53.9 Å². The summed E-state index contributed by atoms with van der Waals surface area (Å²) in [5.41, 5.74) is 2.49. The standard InChI is InChI=1S/C20H21N3O5/c1-21-12-13-11-14(8-9-16(13)22(2)20(21)26)23-10-6-5-7-15(18(24)27-3)17(23)19(25)28-4/h5-11H,12H2,1-4H3. The number of carbonyl (C=O) groups is 3. The molecule has 0 bridgehead atoms. The van der Waals surface area contributed by atoms with Crippen molar-refractivity contribution in [1.82, 2.24) is 4.90 Å². The number of benzene rings is 1. The van der Waals surface area contributed by atoms with Crippen LogP contribution in [0.4, 0.5) is 16.2 Å². The Kier molecular flexibility index (Phi) is 5.21. The zero-order valence-corrected chi connectivity index (χ0v) is 16.1. The van der Waals surface area contributed by atoms with Crippen molar-refractivity contribution in [2.75, 3.05) is 38.1 Å². The molecule has 0 atom stereocenters. The van der Waals surface area contributed by atoms with Gasteiger partial charge in [0.2, 0.25) is 0 Å². The highest BCUT2D eigenvalue weighted by Crippen LogP contribution is 2.33. The summed E-state index contributed by atoms with van der Waals surface area (Å²) in [5.74, 6) is -1.31. The average Bonchev–Trinajstić information content (AvgIpc) is 2.93. The number of rotatable bonds is 3. The highest BCUT2D eigenvalue weighted by molar-refractivity contribution is 6.05. The highest BCUT2D eigenvalue weighted by atomic mass is 16.5. The Hall–Kier alpha value is -3.55. The topological polar surface area (TPSA) is 79.4 Å². The van der Waals surface area contributed by atoms with Gasteiger partial charge in [-0.05, 0) is 35.9 Å². The Labute approximate surface area is 162 Å². The number of hydrogen-bond acceptors (Lipinski definition) is 6. The number of ether oxygens (including phenoxy) is 2. The normalized spacial score (nSPS) is 16.1. The number of nitrogens with zero attached hydrogens (tertiary/aromatic N) is 3. The molecular formula is C20H21N3O5. The van der Waals surface area contributed by atoms with E-state index < -0.39 is 11.9 Å². The minimum Gasteiger partial charge on any atom is -0.465 e. The molecule has 0 N–H and O–H groups in total. The number of carbonyl (C=O) groups excluding carboxylic acids is 3. The van der Waals surface area contributed by atoms with E-state index in [4.69, 9.17) is 9.47 Å². The van der Waals surface area contributed by atoms with Crippen LogP contribution in [0.1, 0.15) is 5.56 Å². The predicted molar refractivity (Wildman–Crippen MR) is 104 cm³/mol. The first-order chi connectivity index (χ1) is 13.4. The minimum atomic E-state index is -0.668. The van der Waals surface area contributed by atoms with Crippen molar-refractivity contribution in [3.8, 4) is 0 Å². The largest absolute Gasteiger partial charge is 0.465 e. The van der Waals surface area contributed by atoms with Gasteiger partial charge in [0, 0.05) is 32.5 Å². The van der Waals surface area contributed by atoms with Crippen molar-refractivity contribution in [3.05, 3.63) is 59.5 Å². The molecule has 1 aromatic carbocycles. The molecule has 0 spiro atoms. The van der Waals surface area contributed by atoms with Gasteiger partial charge in [-0.15, -0.1) is 0 Å². The quantitative estimate of drug-likeness (QED) is 0.745. The highest BCUT2D eigenvalue weighted by Gasteiger charge is 2.29. The Morgan fingerprint density at radius 3 is 2.43 bits per heavy atom. The molecular weight excluding hydrogens is 362 g/mol. The molecule has 28 heavy (non-hydrogen) atoms. The summed E-state index contributed by atoms with van der Waals surface area (Å²) in [4.78, 5) is 41.6. The van der Waals surface area contributed by atoms with E-state index >= 15 is 0 Å². The van der Waals surface area contributed by atoms with Gasteiger partial charge < -0.3 is 19.3 Å². The molecule has 0 radical (unpaired) electrons. The Balaban J connectivity index is 2.13. The van der Waals surface area contributed by atoms with Gasteiger partial charge >= 0.3 is 18.0 Å². The molecule has 1 aromatic rings. The lowest BCUT2D eigenvalue weighted by Gasteiger charge is -2.33. The first kappa shape index (κ1) is 19.2. The second-order valence-corrected chi connectivity index (χ2v) is 6.33. The summed E-state index contributed by atoms with van der Waals surface area (Å²) < 4.78 is 9.73. The smallest absolute Gasteiger partial charge is 0.355 e. The Morgan fingerprint density at radius 1 is 1.04 bits per heavy atom. The SMILES string of the molecule is COC(=O)C1=C(C(=O)OC)N(c2ccc3c(c2)CN(C)C(=O)N3C)C=CC=C1. The van der Waals surface area contributed by atoms with Crippen LogP contribution in [-0.2, 0) is 25.6 Å². The fourth-order valence-electron chi connectivity index (χ4n) is 3.22. The van der Waals surface area contributed by atoms with Gasteiger partial charge in [-0.2, -0.15) is 0 Å². The monoisotopic (exact) mass is 383 g/mol. The summed E-state index contributed by atoms with van der Waals surface area (Å²) in [5, 5.41) is 0. The van der Waals surface area contributed by atoms with Crippen LogP contribution in [-0.4, -0.2) is 51.2 Å². The average molecular weight is 383 g/mol. The molecule has 8 nitrogen and oxygen atoms in total. The summed E-state index contributed by atoms with van der Waals surface area (Å²) in [6.07, 6.45) is 6.53. The van der Waals surface area contributed by atoms with Crippen molar-refractivity contribution in [2.24, 2.45) is 0 Å². The second kappa shape index (κ2) is 7.59. The molecule has 0 unspecified atom stereocenters. The third kappa shape index (κ3) is 3.24. The number of urea groups is 1. The number of esters is 2. The second-order valence-electron chi connectivity index (χ2n) is 6.33. The molecule has 0 aromatic heterocycles. The maximum absolute atomic E-state index is 12.5. The van der Waals surface area contributed by atoms with E-state index in [9.17, 15) is 14.4 Å². The van der Waals surface area contributed by atoms with E-state index in [1.807, 2.05) is 12.1 Å². The van der Waals surface area contributed by atoms with E-state index in [1.54, 1.807) is 53.2 Å². The molecule has 2 aliphatic heterocycles. The zero-order chi connectivity index (χ0) is 20.4. The molecule has 0 aliphatic carbocycles. The van der Waals surface area contributed by atoms with E-state index in [0.717, 1.165) is 11.3 Å². The van der Waals surface area contributed by atoms with Crippen LogP contribution in [0.25, 0.3) is 0 Å². The maximum atomic E-state index is 12.5. The molecule has 2 amide bonds. The lowest BCUT2D eigenvalue weighted by atomic mass is 10.1. The Morgan fingerprint density at radius 2 is 1.75 bits per heavy atom. The van der Waals surface area contributed by atoms with Crippen LogP contribution in [0.2, 0.25) is 0 Å². The lowest BCUT2D eigenvalue weighted by Crippen LogP contribution is -2.42. The van der Waals surface area contributed by atoms with E-state index in [1.165, 1.54) is 20.3 Å². The van der Waals surface area contributed by atoms with Gasteiger partial charge in [-0.1, -0.05) is 6.08 Å². The molecule has 3 rings (SSSR count). The van der Waals surface area contributed by atoms with E-state index in [-0.39, 0.29) is 17.3 Å². The van der Waals surface area contributed by atoms with Gasteiger partial charge in [0.25, 0.3) is 0 Å². The van der Waals surface area contributed by atoms with Gasteiger partial charge in [0.1, 0.15) is 5.70 Å². The first-order valence-electron chi connectivity index (χ1n) is 8.55. The number of allylic oxidation sites excluding steroid dienone is 2. The molecule has 0 fully saturated rings. The van der Waals surface area contributed by atoms with E-state index in [0.29, 0.717) is 12.2 Å². The molecule has 2 aliphatic rings. The summed E-state index contributed by atoms with van der Waals surface area (Å²) in [6.45, 7) is 0.434. The van der Waals surface area contributed by atoms with Gasteiger partial charge in [-0.3, -0.25) is 4.90 Å². The molecule has 8 heteroatoms. The van der Waals surface area contributed by atoms with Crippen LogP contribution in [0, 0.1) is 0 Å². The fraction of sp³-hybridized carbons (Fsp3) is 0.250. The van der Waals surface area contributed by atoms with Gasteiger partial charge in [0.05, 0.1) is 25.5 Å². The zero-order valence-electron chi connectivity index (χ0n) is 16.1. The molecule has 0 saturated heterocycles. The Bertz CT molecular complexity index is 932.